The number of urea groups is 1. The van der Waals surface area contributed by atoms with E-state index in [-0.39, 0.29) is 6.03 Å². The van der Waals surface area contributed by atoms with Gasteiger partial charge in [0, 0.05) is 58.4 Å². The molecule has 1 saturated carbocycles. The number of hydrogen-bond donors (Lipinski definition) is 1. The number of morpholine rings is 1. The molecule has 2 amide bonds. The summed E-state index contributed by atoms with van der Waals surface area (Å²) in [4.78, 5) is 27.0. The predicted molar refractivity (Wildman–Crippen MR) is 168 cm³/mol. The molecule has 0 unspecified atom stereocenters. The number of benzene rings is 1. The molecule has 0 atom stereocenters. The molecule has 228 valence electrons. The minimum absolute atomic E-state index is 0.162. The second-order valence-corrected chi connectivity index (χ2v) is 12.4. The molecule has 9 nitrogen and oxygen atoms in total. The van der Waals surface area contributed by atoms with E-state index in [2.05, 4.69) is 44.3 Å². The van der Waals surface area contributed by atoms with E-state index in [0.29, 0.717) is 6.04 Å². The number of carbonyl (C=O) groups excluding carboxylic acids is 1. The second-order valence-electron chi connectivity index (χ2n) is 12.4. The van der Waals surface area contributed by atoms with Gasteiger partial charge in [-0.1, -0.05) is 12.1 Å². The topological polar surface area (TPSA) is 73.4 Å². The molecule has 6 rings (SSSR count). The molecule has 4 heterocycles. The third-order valence-corrected chi connectivity index (χ3v) is 9.67. The lowest BCUT2D eigenvalue weighted by molar-refractivity contribution is 0.122. The van der Waals surface area contributed by atoms with E-state index in [1.54, 1.807) is 7.11 Å². The van der Waals surface area contributed by atoms with Gasteiger partial charge >= 0.3 is 6.03 Å². The van der Waals surface area contributed by atoms with E-state index < -0.39 is 0 Å². The average Bonchev–Trinajstić information content (AvgIpc) is 3.61. The number of aromatic nitrogens is 1. The summed E-state index contributed by atoms with van der Waals surface area (Å²) in [6, 6.07) is 13.3. The fourth-order valence-corrected chi connectivity index (χ4v) is 6.92. The van der Waals surface area contributed by atoms with Crippen molar-refractivity contribution in [3.8, 4) is 16.9 Å². The Kier molecular flexibility index (Phi) is 9.65. The largest absolute Gasteiger partial charge is 0.497 e. The van der Waals surface area contributed by atoms with Gasteiger partial charge in [-0.05, 0) is 92.8 Å². The number of rotatable bonds is 8. The van der Waals surface area contributed by atoms with Crippen molar-refractivity contribution in [3.05, 3.63) is 36.4 Å². The Morgan fingerprint density at radius 3 is 2.14 bits per heavy atom. The Labute approximate surface area is 251 Å². The summed E-state index contributed by atoms with van der Waals surface area (Å²) in [5.74, 6) is 3.76. The maximum Gasteiger partial charge on any atom is 0.317 e. The summed E-state index contributed by atoms with van der Waals surface area (Å²) >= 11 is 0. The van der Waals surface area contributed by atoms with Crippen LogP contribution in [0, 0.1) is 5.92 Å². The third kappa shape index (κ3) is 7.29. The van der Waals surface area contributed by atoms with Crippen molar-refractivity contribution in [2.24, 2.45) is 5.92 Å². The molecule has 1 aromatic heterocycles. The highest BCUT2D eigenvalue weighted by Gasteiger charge is 2.27. The number of amides is 2. The summed E-state index contributed by atoms with van der Waals surface area (Å²) in [7, 11) is 1.71. The third-order valence-electron chi connectivity index (χ3n) is 9.67. The first kappa shape index (κ1) is 29.1. The lowest BCUT2D eigenvalue weighted by Crippen LogP contribution is -2.47. The fourth-order valence-electron chi connectivity index (χ4n) is 6.92. The van der Waals surface area contributed by atoms with Gasteiger partial charge in [0.2, 0.25) is 0 Å². The number of piperazine rings is 1. The van der Waals surface area contributed by atoms with Crippen LogP contribution in [0.1, 0.15) is 44.9 Å². The summed E-state index contributed by atoms with van der Waals surface area (Å²) in [5, 5.41) is 3.30. The summed E-state index contributed by atoms with van der Waals surface area (Å²) < 4.78 is 11.0. The minimum Gasteiger partial charge on any atom is -0.497 e. The van der Waals surface area contributed by atoms with Crippen molar-refractivity contribution in [2.75, 3.05) is 89.0 Å². The van der Waals surface area contributed by atoms with Crippen LogP contribution in [0.3, 0.4) is 0 Å². The Morgan fingerprint density at radius 2 is 1.50 bits per heavy atom. The number of methoxy groups -OCH3 is 1. The van der Waals surface area contributed by atoms with Crippen LogP contribution >= 0.6 is 0 Å². The smallest absolute Gasteiger partial charge is 0.317 e. The molecule has 42 heavy (non-hydrogen) atoms. The van der Waals surface area contributed by atoms with Crippen molar-refractivity contribution < 1.29 is 14.3 Å². The van der Waals surface area contributed by atoms with Crippen LogP contribution in [0.4, 0.5) is 16.4 Å². The molecular weight excluding hydrogens is 528 g/mol. The lowest BCUT2D eigenvalue weighted by Gasteiger charge is -2.37. The second kappa shape index (κ2) is 14.0. The zero-order valence-corrected chi connectivity index (χ0v) is 25.3. The molecule has 0 bridgehead atoms. The highest BCUT2D eigenvalue weighted by atomic mass is 16.5. The first-order chi connectivity index (χ1) is 20.6. The van der Waals surface area contributed by atoms with Gasteiger partial charge in [-0.3, -0.25) is 4.90 Å². The predicted octanol–water partition coefficient (Wildman–Crippen LogP) is 4.47. The van der Waals surface area contributed by atoms with Gasteiger partial charge in [0.05, 0.1) is 20.3 Å². The fraction of sp³-hybridized carbons (Fsp3) is 0.636. The Hall–Kier alpha value is -3.04. The molecule has 9 heteroatoms. The average molecular weight is 577 g/mol. The molecule has 4 fully saturated rings. The Balaban J connectivity index is 1.01. The molecule has 3 aliphatic heterocycles. The van der Waals surface area contributed by atoms with E-state index in [1.165, 1.54) is 36.9 Å². The Morgan fingerprint density at radius 1 is 0.857 bits per heavy atom. The summed E-state index contributed by atoms with van der Waals surface area (Å²) in [6.45, 7) is 10.4. The normalized spacial score (nSPS) is 23.7. The van der Waals surface area contributed by atoms with E-state index in [9.17, 15) is 4.79 Å². The summed E-state index contributed by atoms with van der Waals surface area (Å²) in [5.41, 5.74) is 2.37. The number of carbonyl (C=O) groups is 1. The van der Waals surface area contributed by atoms with Crippen molar-refractivity contribution >= 4 is 17.7 Å². The molecular formula is C33H48N6O3. The van der Waals surface area contributed by atoms with Gasteiger partial charge in [0.1, 0.15) is 17.4 Å². The van der Waals surface area contributed by atoms with E-state index >= 15 is 0 Å². The van der Waals surface area contributed by atoms with Crippen LogP contribution in [-0.4, -0.2) is 106 Å². The van der Waals surface area contributed by atoms with Gasteiger partial charge in [-0.2, -0.15) is 0 Å². The van der Waals surface area contributed by atoms with Crippen molar-refractivity contribution in [1.82, 2.24) is 20.1 Å². The minimum atomic E-state index is 0.162. The van der Waals surface area contributed by atoms with Gasteiger partial charge < -0.3 is 29.5 Å². The van der Waals surface area contributed by atoms with Crippen LogP contribution < -0.4 is 19.9 Å². The van der Waals surface area contributed by atoms with E-state index in [4.69, 9.17) is 14.5 Å². The zero-order valence-electron chi connectivity index (χ0n) is 25.3. The first-order valence-corrected chi connectivity index (χ1v) is 16.2. The van der Waals surface area contributed by atoms with Crippen LogP contribution in [0.25, 0.3) is 11.1 Å². The van der Waals surface area contributed by atoms with Crippen LogP contribution in [0.15, 0.2) is 36.4 Å². The van der Waals surface area contributed by atoms with Crippen LogP contribution in [0.5, 0.6) is 5.75 Å². The van der Waals surface area contributed by atoms with Gasteiger partial charge in [-0.25, -0.2) is 9.78 Å². The van der Waals surface area contributed by atoms with E-state index in [1.807, 2.05) is 17.0 Å². The zero-order chi connectivity index (χ0) is 28.7. The molecule has 2 aromatic rings. The number of hydrogen-bond acceptors (Lipinski definition) is 7. The van der Waals surface area contributed by atoms with E-state index in [0.717, 1.165) is 115 Å². The number of nitrogens with one attached hydrogen (secondary N) is 1. The maximum atomic E-state index is 12.5. The van der Waals surface area contributed by atoms with Crippen LogP contribution in [0.2, 0.25) is 0 Å². The highest BCUT2D eigenvalue weighted by Crippen LogP contribution is 2.31. The maximum absolute atomic E-state index is 12.5. The van der Waals surface area contributed by atoms with Gasteiger partial charge in [0.25, 0.3) is 0 Å². The molecule has 3 saturated heterocycles. The van der Waals surface area contributed by atoms with Crippen LogP contribution in [-0.2, 0) is 4.74 Å². The number of anilines is 2. The lowest BCUT2D eigenvalue weighted by atomic mass is 9.84. The molecule has 1 N–H and O–H groups in total. The number of pyridine rings is 1. The molecule has 4 aliphatic rings. The SMILES string of the molecule is COc1ccc(-c2cc(N3CCOCC3)nc(N3CCN(CCC4CCC(NC(=O)N5CCCC5)CC4)CC3)c2)cc1. The van der Waals surface area contributed by atoms with Gasteiger partial charge in [-0.15, -0.1) is 0 Å². The monoisotopic (exact) mass is 576 g/mol. The number of nitrogens with zero attached hydrogens (tertiary/aromatic N) is 5. The molecule has 1 aromatic carbocycles. The molecule has 1 aliphatic carbocycles. The molecule has 0 radical (unpaired) electrons. The molecule has 0 spiro atoms. The number of ether oxygens (including phenoxy) is 2. The highest BCUT2D eigenvalue weighted by molar-refractivity contribution is 5.74. The van der Waals surface area contributed by atoms with Crippen molar-refractivity contribution in [1.29, 1.82) is 0 Å². The number of likely N-dealkylation sites (tertiary alicyclic amines) is 1. The summed E-state index contributed by atoms with van der Waals surface area (Å²) in [6.07, 6.45) is 8.28. The standard InChI is InChI=1S/C33H48N6O3/c1-41-30-10-6-27(7-11-30)28-24-31(35-32(25-28)38-20-22-42-23-21-38)37-18-16-36(17-19-37)15-12-26-4-8-29(9-5-26)34-33(40)39-13-2-3-14-39/h6-7,10-11,24-26,29H,2-5,8-9,12-23H2,1H3,(H,34,40). The first-order valence-electron chi connectivity index (χ1n) is 16.2. The quantitative estimate of drug-likeness (QED) is 0.497. The van der Waals surface area contributed by atoms with Crippen molar-refractivity contribution in [2.45, 2.75) is 51.0 Å². The van der Waals surface area contributed by atoms with Crippen molar-refractivity contribution in [3.63, 3.8) is 0 Å². The Bertz CT molecular complexity index is 1150. The van der Waals surface area contributed by atoms with Gasteiger partial charge in [0.15, 0.2) is 0 Å².